The Morgan fingerprint density at radius 3 is 2.75 bits per heavy atom. The van der Waals surface area contributed by atoms with Crippen LogP contribution in [0.1, 0.15) is 17.5 Å². The summed E-state index contributed by atoms with van der Waals surface area (Å²) in [6, 6.07) is 9.60. The van der Waals surface area contributed by atoms with E-state index < -0.39 is 0 Å². The smallest absolute Gasteiger partial charge is 0.225 e. The lowest BCUT2D eigenvalue weighted by Gasteiger charge is -2.19. The zero-order chi connectivity index (χ0) is 16.9. The molecule has 0 radical (unpaired) electrons. The highest BCUT2D eigenvalue weighted by Crippen LogP contribution is 2.25. The van der Waals surface area contributed by atoms with E-state index in [1.54, 1.807) is 18.2 Å². The molecule has 1 heterocycles. The number of amides is 1. The van der Waals surface area contributed by atoms with E-state index in [9.17, 15) is 13.6 Å². The molecule has 126 valence electrons. The van der Waals surface area contributed by atoms with Gasteiger partial charge in [-0.1, -0.05) is 6.07 Å². The van der Waals surface area contributed by atoms with Gasteiger partial charge in [-0.05, 0) is 54.4 Å². The minimum absolute atomic E-state index is 0.225. The van der Waals surface area contributed by atoms with Crippen LogP contribution in [0.5, 0.6) is 0 Å². The maximum absolute atomic E-state index is 14.5. The van der Waals surface area contributed by atoms with Crippen molar-refractivity contribution in [2.45, 2.75) is 24.3 Å². The first-order chi connectivity index (χ1) is 11.6. The van der Waals surface area contributed by atoms with E-state index in [0.29, 0.717) is 24.3 Å². The summed E-state index contributed by atoms with van der Waals surface area (Å²) in [4.78, 5) is 12.9. The van der Waals surface area contributed by atoms with Gasteiger partial charge in [-0.25, -0.2) is 8.78 Å². The van der Waals surface area contributed by atoms with Crippen molar-refractivity contribution in [2.75, 3.05) is 17.6 Å². The Hall–Kier alpha value is -1.92. The van der Waals surface area contributed by atoms with Gasteiger partial charge >= 0.3 is 0 Å². The Labute approximate surface area is 143 Å². The van der Waals surface area contributed by atoms with E-state index in [-0.39, 0.29) is 29.6 Å². The molecule has 1 aliphatic heterocycles. The van der Waals surface area contributed by atoms with Crippen LogP contribution >= 0.6 is 11.8 Å². The van der Waals surface area contributed by atoms with Crippen LogP contribution in [0.2, 0.25) is 0 Å². The van der Waals surface area contributed by atoms with E-state index in [4.69, 9.17) is 0 Å². The van der Waals surface area contributed by atoms with Crippen LogP contribution in [0.3, 0.4) is 0 Å². The van der Waals surface area contributed by atoms with Crippen molar-refractivity contribution in [2.24, 2.45) is 0 Å². The SMILES string of the molecule is O=C(CCSc1ccc(F)cc1)Nc1ccc2c(c1F)CCNC2. The zero-order valence-corrected chi connectivity index (χ0v) is 13.9. The first-order valence-electron chi connectivity index (χ1n) is 7.82. The fraction of sp³-hybridized carbons (Fsp3) is 0.278. The highest BCUT2D eigenvalue weighted by atomic mass is 32.2. The van der Waals surface area contributed by atoms with E-state index in [0.717, 1.165) is 17.0 Å². The Balaban J connectivity index is 1.54. The Kier molecular flexibility index (Phi) is 5.48. The molecule has 2 N–H and O–H groups in total. The second kappa shape index (κ2) is 7.77. The molecule has 0 fully saturated rings. The summed E-state index contributed by atoms with van der Waals surface area (Å²) >= 11 is 1.47. The largest absolute Gasteiger partial charge is 0.324 e. The highest BCUT2D eigenvalue weighted by molar-refractivity contribution is 7.99. The molecule has 0 unspecified atom stereocenters. The van der Waals surface area contributed by atoms with E-state index >= 15 is 0 Å². The lowest BCUT2D eigenvalue weighted by molar-refractivity contribution is -0.115. The molecule has 1 amide bonds. The third kappa shape index (κ3) is 4.13. The molecule has 24 heavy (non-hydrogen) atoms. The lowest BCUT2D eigenvalue weighted by Crippen LogP contribution is -2.25. The maximum atomic E-state index is 14.5. The predicted molar refractivity (Wildman–Crippen MR) is 92.2 cm³/mol. The van der Waals surface area contributed by atoms with Gasteiger partial charge in [0.15, 0.2) is 0 Å². The summed E-state index contributed by atoms with van der Waals surface area (Å²) in [5.74, 6) is -0.283. The van der Waals surface area contributed by atoms with Gasteiger partial charge in [0, 0.05) is 23.6 Å². The van der Waals surface area contributed by atoms with Crippen LogP contribution in [0.15, 0.2) is 41.3 Å². The number of halogens is 2. The minimum atomic E-state index is -0.325. The third-order valence-electron chi connectivity index (χ3n) is 3.89. The minimum Gasteiger partial charge on any atom is -0.324 e. The fourth-order valence-corrected chi connectivity index (χ4v) is 3.49. The second-order valence-corrected chi connectivity index (χ2v) is 6.76. The van der Waals surface area contributed by atoms with Crippen molar-refractivity contribution in [3.8, 4) is 0 Å². The Morgan fingerprint density at radius 1 is 1.17 bits per heavy atom. The maximum Gasteiger partial charge on any atom is 0.225 e. The number of benzene rings is 2. The van der Waals surface area contributed by atoms with Gasteiger partial charge in [0.05, 0.1) is 5.69 Å². The van der Waals surface area contributed by atoms with Crippen molar-refractivity contribution in [1.82, 2.24) is 5.32 Å². The number of carbonyl (C=O) groups is 1. The molecule has 0 aliphatic carbocycles. The van der Waals surface area contributed by atoms with Gasteiger partial charge < -0.3 is 10.6 Å². The Bertz CT molecular complexity index is 735. The second-order valence-electron chi connectivity index (χ2n) is 5.59. The number of hydrogen-bond donors (Lipinski definition) is 2. The standard InChI is InChI=1S/C18H18F2N2OS/c19-13-2-4-14(5-3-13)24-10-8-17(23)22-16-6-1-12-11-21-9-7-15(12)18(16)20/h1-6,21H,7-11H2,(H,22,23). The molecule has 0 saturated heterocycles. The molecule has 0 bridgehead atoms. The van der Waals surface area contributed by atoms with E-state index in [1.807, 2.05) is 6.07 Å². The molecule has 2 aromatic carbocycles. The molecule has 1 aliphatic rings. The highest BCUT2D eigenvalue weighted by Gasteiger charge is 2.17. The van der Waals surface area contributed by atoms with Crippen molar-refractivity contribution in [3.05, 3.63) is 59.2 Å². The van der Waals surface area contributed by atoms with Crippen LogP contribution < -0.4 is 10.6 Å². The predicted octanol–water partition coefficient (Wildman–Crippen LogP) is 3.73. The molecule has 0 spiro atoms. The number of anilines is 1. The van der Waals surface area contributed by atoms with Crippen LogP contribution in [0, 0.1) is 11.6 Å². The van der Waals surface area contributed by atoms with Crippen LogP contribution in [-0.4, -0.2) is 18.2 Å². The lowest BCUT2D eigenvalue weighted by atomic mass is 9.99. The molecule has 0 saturated carbocycles. The summed E-state index contributed by atoms with van der Waals surface area (Å²) in [5, 5.41) is 5.84. The molecule has 0 aromatic heterocycles. The summed E-state index contributed by atoms with van der Waals surface area (Å²) in [7, 11) is 0. The number of fused-ring (bicyclic) bond motifs is 1. The summed E-state index contributed by atoms with van der Waals surface area (Å²) < 4.78 is 27.3. The average molecular weight is 348 g/mol. The average Bonchev–Trinajstić information content (AvgIpc) is 2.59. The van der Waals surface area contributed by atoms with Crippen LogP contribution in [0.4, 0.5) is 14.5 Å². The molecule has 0 atom stereocenters. The zero-order valence-electron chi connectivity index (χ0n) is 13.1. The number of rotatable bonds is 5. The third-order valence-corrected chi connectivity index (χ3v) is 4.91. The van der Waals surface area contributed by atoms with Gasteiger partial charge in [0.1, 0.15) is 11.6 Å². The van der Waals surface area contributed by atoms with Crippen molar-refractivity contribution in [3.63, 3.8) is 0 Å². The summed E-state index contributed by atoms with van der Waals surface area (Å²) in [5.41, 5.74) is 1.88. The molecule has 2 aromatic rings. The number of thioether (sulfide) groups is 1. The van der Waals surface area contributed by atoms with Crippen molar-refractivity contribution in [1.29, 1.82) is 0 Å². The van der Waals surface area contributed by atoms with Crippen LogP contribution in [0.25, 0.3) is 0 Å². The van der Waals surface area contributed by atoms with Crippen LogP contribution in [-0.2, 0) is 17.8 Å². The molecular formula is C18H18F2N2OS. The van der Waals surface area contributed by atoms with Gasteiger partial charge in [0.25, 0.3) is 0 Å². The van der Waals surface area contributed by atoms with E-state index in [1.165, 1.54) is 23.9 Å². The first-order valence-corrected chi connectivity index (χ1v) is 8.81. The topological polar surface area (TPSA) is 41.1 Å². The number of hydrogen-bond acceptors (Lipinski definition) is 3. The quantitative estimate of drug-likeness (QED) is 0.809. The van der Waals surface area contributed by atoms with Gasteiger partial charge in [-0.15, -0.1) is 11.8 Å². The van der Waals surface area contributed by atoms with E-state index in [2.05, 4.69) is 10.6 Å². The van der Waals surface area contributed by atoms with Crippen molar-refractivity contribution >= 4 is 23.4 Å². The normalized spacial score (nSPS) is 13.4. The molecule has 3 nitrogen and oxygen atoms in total. The molecule has 3 rings (SSSR count). The number of carbonyl (C=O) groups excluding carboxylic acids is 1. The first kappa shape index (κ1) is 16.9. The number of nitrogens with one attached hydrogen (secondary N) is 2. The Morgan fingerprint density at radius 2 is 1.96 bits per heavy atom. The van der Waals surface area contributed by atoms with Gasteiger partial charge in [-0.3, -0.25) is 4.79 Å². The summed E-state index contributed by atoms with van der Waals surface area (Å²) in [6.07, 6.45) is 0.894. The summed E-state index contributed by atoms with van der Waals surface area (Å²) in [6.45, 7) is 1.41. The fourth-order valence-electron chi connectivity index (χ4n) is 2.64. The monoisotopic (exact) mass is 348 g/mol. The molecule has 6 heteroatoms. The van der Waals surface area contributed by atoms with Gasteiger partial charge in [0.2, 0.25) is 5.91 Å². The van der Waals surface area contributed by atoms with Crippen molar-refractivity contribution < 1.29 is 13.6 Å². The molecular weight excluding hydrogens is 330 g/mol. The van der Waals surface area contributed by atoms with Gasteiger partial charge in [-0.2, -0.15) is 0 Å².